The van der Waals surface area contributed by atoms with Crippen molar-refractivity contribution in [2.45, 2.75) is 6.42 Å². The van der Waals surface area contributed by atoms with Crippen LogP contribution in [0.4, 0.5) is 0 Å². The third-order valence-electron chi connectivity index (χ3n) is 0.733. The zero-order valence-electron chi connectivity index (χ0n) is 4.36. The first kappa shape index (κ1) is 6.21. The first-order chi connectivity index (χ1) is 4.10. The lowest BCUT2D eigenvalue weighted by Gasteiger charge is -2.03. The van der Waals surface area contributed by atoms with Crippen LogP contribution in [0.1, 0.15) is 6.42 Å². The van der Waals surface area contributed by atoms with Crippen molar-refractivity contribution in [1.29, 1.82) is 0 Å². The second-order valence-corrected chi connectivity index (χ2v) is 2.86. The molecule has 0 aromatic carbocycles. The topological polar surface area (TPSA) is 75.6 Å². The van der Waals surface area contributed by atoms with Gasteiger partial charge in [-0.15, -0.1) is 0 Å². The van der Waals surface area contributed by atoms with Crippen LogP contribution >= 0.6 is 0 Å². The molecular formula is C3H4N2O3S. The summed E-state index contributed by atoms with van der Waals surface area (Å²) in [4.78, 5) is 10.3. The van der Waals surface area contributed by atoms with Gasteiger partial charge in [0.1, 0.15) is 0 Å². The van der Waals surface area contributed by atoms with E-state index in [1.165, 1.54) is 0 Å². The Balaban J connectivity index is 2.97. The molecule has 0 spiro atoms. The summed E-state index contributed by atoms with van der Waals surface area (Å²) >= 11 is 0. The van der Waals surface area contributed by atoms with Crippen molar-refractivity contribution in [1.82, 2.24) is 4.72 Å². The van der Waals surface area contributed by atoms with Gasteiger partial charge < -0.3 is 0 Å². The maximum Gasteiger partial charge on any atom is 0.344 e. The minimum absolute atomic E-state index is 0.0409. The smallest absolute Gasteiger partial charge is 0.274 e. The zero-order valence-corrected chi connectivity index (χ0v) is 5.18. The van der Waals surface area contributed by atoms with E-state index in [2.05, 4.69) is 4.40 Å². The molecule has 1 aliphatic heterocycles. The van der Waals surface area contributed by atoms with Crippen molar-refractivity contribution >= 4 is 22.3 Å². The van der Waals surface area contributed by atoms with Crippen molar-refractivity contribution in [3.05, 3.63) is 0 Å². The summed E-state index contributed by atoms with van der Waals surface area (Å²) in [5, 5.41) is 0. The Bertz CT molecular complexity index is 252. The van der Waals surface area contributed by atoms with E-state index in [0.29, 0.717) is 0 Å². The van der Waals surface area contributed by atoms with Crippen LogP contribution in [0.25, 0.3) is 0 Å². The molecule has 1 aliphatic rings. The van der Waals surface area contributed by atoms with Gasteiger partial charge in [0.2, 0.25) is 5.91 Å². The van der Waals surface area contributed by atoms with Crippen LogP contribution in [0, 0.1) is 0 Å². The van der Waals surface area contributed by atoms with Crippen molar-refractivity contribution in [2.75, 3.05) is 0 Å². The molecule has 9 heavy (non-hydrogen) atoms. The van der Waals surface area contributed by atoms with Crippen LogP contribution < -0.4 is 4.72 Å². The molecule has 0 saturated heterocycles. The summed E-state index contributed by atoms with van der Waals surface area (Å²) in [6, 6.07) is 0. The van der Waals surface area contributed by atoms with Crippen LogP contribution in [-0.4, -0.2) is 20.5 Å². The first-order valence-electron chi connectivity index (χ1n) is 2.19. The van der Waals surface area contributed by atoms with Crippen molar-refractivity contribution < 1.29 is 13.2 Å². The minimum atomic E-state index is -3.66. The van der Waals surface area contributed by atoms with E-state index in [1.54, 1.807) is 4.72 Å². The predicted octanol–water partition coefficient (Wildman–Crippen LogP) is -1.18. The molecule has 0 bridgehead atoms. The highest BCUT2D eigenvalue weighted by Gasteiger charge is 2.14. The third-order valence-corrected chi connectivity index (χ3v) is 1.65. The second-order valence-electron chi connectivity index (χ2n) is 1.49. The van der Waals surface area contributed by atoms with E-state index in [4.69, 9.17) is 0 Å². The molecule has 0 atom stereocenters. The molecule has 1 heterocycles. The van der Waals surface area contributed by atoms with Gasteiger partial charge in [-0.25, -0.2) is 4.72 Å². The maximum absolute atomic E-state index is 10.3. The van der Waals surface area contributed by atoms with E-state index >= 15 is 0 Å². The Morgan fingerprint density at radius 1 is 1.67 bits per heavy atom. The highest BCUT2D eigenvalue weighted by atomic mass is 32.2. The Kier molecular flexibility index (Phi) is 1.24. The Morgan fingerprint density at radius 2 is 2.33 bits per heavy atom. The average Bonchev–Trinajstić information content (AvgIpc) is 1.60. The van der Waals surface area contributed by atoms with Gasteiger partial charge >= 0.3 is 10.2 Å². The Hall–Kier alpha value is -0.910. The van der Waals surface area contributed by atoms with Crippen LogP contribution in [0.15, 0.2) is 4.40 Å². The first-order valence-corrected chi connectivity index (χ1v) is 3.63. The predicted molar refractivity (Wildman–Crippen MR) is 30.2 cm³/mol. The van der Waals surface area contributed by atoms with E-state index in [9.17, 15) is 13.2 Å². The molecule has 0 radical (unpaired) electrons. The van der Waals surface area contributed by atoms with Crippen LogP contribution in [0.2, 0.25) is 0 Å². The second kappa shape index (κ2) is 1.80. The molecule has 0 aliphatic carbocycles. The normalized spacial score (nSPS) is 23.3. The van der Waals surface area contributed by atoms with Gasteiger partial charge in [0.15, 0.2) is 0 Å². The van der Waals surface area contributed by atoms with Crippen molar-refractivity contribution in [3.63, 3.8) is 0 Å². The Morgan fingerprint density at radius 3 is 2.67 bits per heavy atom. The average molecular weight is 148 g/mol. The molecule has 6 heteroatoms. The summed E-state index contributed by atoms with van der Waals surface area (Å²) in [6.45, 7) is 0. The summed E-state index contributed by atoms with van der Waals surface area (Å²) in [6.07, 6.45) is 1.10. The zero-order chi connectivity index (χ0) is 6.91. The highest BCUT2D eigenvalue weighted by Crippen LogP contribution is 1.92. The van der Waals surface area contributed by atoms with E-state index in [1.807, 2.05) is 0 Å². The van der Waals surface area contributed by atoms with Crippen LogP contribution in [0.5, 0.6) is 0 Å². The number of carbonyl (C=O) groups excluding carboxylic acids is 1. The maximum atomic E-state index is 10.3. The number of hydrogen-bond donors (Lipinski definition) is 1. The fraction of sp³-hybridized carbons (Fsp3) is 0.333. The van der Waals surface area contributed by atoms with Gasteiger partial charge in [0.05, 0.1) is 6.42 Å². The van der Waals surface area contributed by atoms with Crippen molar-refractivity contribution in [2.24, 2.45) is 4.40 Å². The van der Waals surface area contributed by atoms with E-state index < -0.39 is 16.1 Å². The van der Waals surface area contributed by atoms with Gasteiger partial charge in [0, 0.05) is 6.21 Å². The fourth-order valence-electron chi connectivity index (χ4n) is 0.430. The standard InChI is InChI=1S/C3H4N2O3S/c6-3-1-2-4-9(7,8)5-3/h2H,1H2,(H,5,6). The molecule has 0 unspecified atom stereocenters. The number of hydrogen-bond acceptors (Lipinski definition) is 3. The molecule has 0 fully saturated rings. The molecule has 0 aromatic heterocycles. The van der Waals surface area contributed by atoms with Gasteiger partial charge in [0.25, 0.3) is 0 Å². The lowest BCUT2D eigenvalue weighted by atomic mass is 10.5. The number of amides is 1. The van der Waals surface area contributed by atoms with E-state index in [0.717, 1.165) is 6.21 Å². The number of nitrogens with zero attached hydrogens (tertiary/aromatic N) is 1. The molecule has 1 N–H and O–H groups in total. The Labute approximate surface area is 52.0 Å². The van der Waals surface area contributed by atoms with Crippen molar-refractivity contribution in [3.8, 4) is 0 Å². The van der Waals surface area contributed by atoms with Gasteiger partial charge in [-0.3, -0.25) is 4.79 Å². The van der Waals surface area contributed by atoms with Gasteiger partial charge in [-0.05, 0) is 0 Å². The quantitative estimate of drug-likeness (QED) is 0.470. The third kappa shape index (κ3) is 1.49. The minimum Gasteiger partial charge on any atom is -0.274 e. The summed E-state index contributed by atoms with van der Waals surface area (Å²) in [5.41, 5.74) is 0. The summed E-state index contributed by atoms with van der Waals surface area (Å²) < 4.78 is 25.4. The number of carbonyl (C=O) groups is 1. The fourth-order valence-corrected chi connectivity index (χ4v) is 1.12. The van der Waals surface area contributed by atoms with Gasteiger partial charge in [-0.2, -0.15) is 12.8 Å². The monoisotopic (exact) mass is 148 g/mol. The van der Waals surface area contributed by atoms with Crippen LogP contribution in [0.3, 0.4) is 0 Å². The SMILES string of the molecule is O=C1CC=NS(=O)(=O)N1. The largest absolute Gasteiger partial charge is 0.344 e. The molecular weight excluding hydrogens is 144 g/mol. The molecule has 1 amide bonds. The van der Waals surface area contributed by atoms with Gasteiger partial charge in [-0.1, -0.05) is 0 Å². The molecule has 5 nitrogen and oxygen atoms in total. The summed E-state index contributed by atoms with van der Waals surface area (Å²) in [7, 11) is -3.66. The molecule has 50 valence electrons. The lowest BCUT2D eigenvalue weighted by Crippen LogP contribution is -2.32. The molecule has 0 saturated carbocycles. The van der Waals surface area contributed by atoms with Crippen LogP contribution in [-0.2, 0) is 15.0 Å². The molecule has 1 rings (SSSR count). The highest BCUT2D eigenvalue weighted by molar-refractivity contribution is 7.89. The summed E-state index contributed by atoms with van der Waals surface area (Å²) in [5.74, 6) is -0.537. The number of rotatable bonds is 0. The molecule has 0 aromatic rings. The lowest BCUT2D eigenvalue weighted by molar-refractivity contribution is -0.118. The van der Waals surface area contributed by atoms with E-state index in [-0.39, 0.29) is 6.42 Å². The number of nitrogens with one attached hydrogen (secondary N) is 1.